The lowest BCUT2D eigenvalue weighted by atomic mass is 9.92. The summed E-state index contributed by atoms with van der Waals surface area (Å²) >= 11 is 0. The van der Waals surface area contributed by atoms with Crippen molar-refractivity contribution in [2.75, 3.05) is 18.6 Å². The first kappa shape index (κ1) is 25.0. The number of amides is 1. The van der Waals surface area contributed by atoms with Crippen LogP contribution in [0.5, 0.6) is 11.5 Å². The van der Waals surface area contributed by atoms with Gasteiger partial charge in [-0.15, -0.1) is 0 Å². The van der Waals surface area contributed by atoms with Crippen molar-refractivity contribution >= 4 is 23.1 Å². The van der Waals surface area contributed by atoms with Gasteiger partial charge in [0, 0.05) is 5.56 Å². The molecule has 0 radical (unpaired) electrons. The van der Waals surface area contributed by atoms with Crippen LogP contribution in [0.3, 0.4) is 0 Å². The van der Waals surface area contributed by atoms with Crippen LogP contribution in [0.15, 0.2) is 72.3 Å². The van der Waals surface area contributed by atoms with Crippen LogP contribution >= 0.6 is 0 Å². The van der Waals surface area contributed by atoms with Crippen LogP contribution in [-0.2, 0) is 9.59 Å². The number of methoxy groups -OCH3 is 1. The van der Waals surface area contributed by atoms with Crippen molar-refractivity contribution in [3.05, 3.63) is 94.6 Å². The molecule has 0 saturated carbocycles. The van der Waals surface area contributed by atoms with Gasteiger partial charge in [-0.1, -0.05) is 55.8 Å². The summed E-state index contributed by atoms with van der Waals surface area (Å²) in [5.74, 6) is -0.369. The van der Waals surface area contributed by atoms with Gasteiger partial charge in [-0.3, -0.25) is 14.5 Å². The number of para-hydroxylation sites is 2. The molecule has 1 atom stereocenters. The molecule has 1 amide bonds. The lowest BCUT2D eigenvalue weighted by Crippen LogP contribution is -2.29. The highest BCUT2D eigenvalue weighted by Gasteiger charge is 2.47. The molecule has 36 heavy (non-hydrogen) atoms. The number of benzene rings is 3. The third-order valence-electron chi connectivity index (χ3n) is 6.35. The molecule has 0 spiro atoms. The Bertz CT molecular complexity index is 1340. The fourth-order valence-corrected chi connectivity index (χ4v) is 4.65. The molecule has 6 nitrogen and oxygen atoms in total. The van der Waals surface area contributed by atoms with Gasteiger partial charge in [0.05, 0.1) is 31.0 Å². The predicted octanol–water partition coefficient (Wildman–Crippen LogP) is 6.15. The number of ether oxygens (including phenoxy) is 2. The van der Waals surface area contributed by atoms with Gasteiger partial charge in [0.15, 0.2) is 0 Å². The molecular weight excluding hydrogens is 454 g/mol. The van der Waals surface area contributed by atoms with Gasteiger partial charge < -0.3 is 14.6 Å². The maximum absolute atomic E-state index is 13.5. The number of anilines is 1. The van der Waals surface area contributed by atoms with Gasteiger partial charge in [0.25, 0.3) is 11.7 Å². The predicted molar refractivity (Wildman–Crippen MR) is 141 cm³/mol. The lowest BCUT2D eigenvalue weighted by molar-refractivity contribution is -0.132. The largest absolute Gasteiger partial charge is 0.507 e. The Hall–Kier alpha value is -4.06. The number of carbonyl (C=O) groups excluding carboxylic acids is 2. The van der Waals surface area contributed by atoms with Gasteiger partial charge in [0.1, 0.15) is 17.3 Å². The van der Waals surface area contributed by atoms with Crippen LogP contribution in [0.25, 0.3) is 5.76 Å². The van der Waals surface area contributed by atoms with Crippen molar-refractivity contribution in [1.82, 2.24) is 0 Å². The normalized spacial score (nSPS) is 17.1. The number of Topliss-reactive ketones (excluding diaryl/α,β-unsaturated/α-hetero) is 1. The zero-order valence-electron chi connectivity index (χ0n) is 21.2. The van der Waals surface area contributed by atoms with Gasteiger partial charge in [-0.05, 0) is 61.2 Å². The third kappa shape index (κ3) is 4.47. The van der Waals surface area contributed by atoms with Crippen LogP contribution in [0.1, 0.15) is 55.0 Å². The number of carbonyl (C=O) groups is 2. The average Bonchev–Trinajstić information content (AvgIpc) is 3.14. The number of aryl methyl sites for hydroxylation is 1. The smallest absolute Gasteiger partial charge is 0.300 e. The summed E-state index contributed by atoms with van der Waals surface area (Å²) in [6, 6.07) is 19.2. The molecule has 0 aromatic heterocycles. The van der Waals surface area contributed by atoms with Gasteiger partial charge >= 0.3 is 0 Å². The van der Waals surface area contributed by atoms with E-state index in [1.165, 1.54) is 12.0 Å². The minimum Gasteiger partial charge on any atom is -0.507 e. The molecule has 0 aliphatic carbocycles. The van der Waals surface area contributed by atoms with Crippen molar-refractivity contribution in [2.45, 2.75) is 39.7 Å². The van der Waals surface area contributed by atoms with E-state index in [9.17, 15) is 14.7 Å². The summed E-state index contributed by atoms with van der Waals surface area (Å²) in [5, 5.41) is 11.5. The number of aliphatic hydroxyl groups is 1. The van der Waals surface area contributed by atoms with E-state index < -0.39 is 17.7 Å². The van der Waals surface area contributed by atoms with E-state index in [0.717, 1.165) is 22.4 Å². The van der Waals surface area contributed by atoms with E-state index in [0.29, 0.717) is 23.6 Å². The van der Waals surface area contributed by atoms with Crippen molar-refractivity contribution in [3.8, 4) is 11.5 Å². The molecule has 1 aliphatic heterocycles. The Labute approximate surface area is 211 Å². The summed E-state index contributed by atoms with van der Waals surface area (Å²) in [6.07, 6.45) is 0. The fourth-order valence-electron chi connectivity index (χ4n) is 4.65. The topological polar surface area (TPSA) is 76.1 Å². The zero-order chi connectivity index (χ0) is 26.0. The number of hydrogen-bond acceptors (Lipinski definition) is 5. The number of nitrogens with zero attached hydrogens (tertiary/aromatic N) is 1. The quantitative estimate of drug-likeness (QED) is 0.247. The lowest BCUT2D eigenvalue weighted by Gasteiger charge is -2.27. The second-order valence-corrected chi connectivity index (χ2v) is 9.10. The Balaban J connectivity index is 1.96. The van der Waals surface area contributed by atoms with Crippen molar-refractivity contribution in [1.29, 1.82) is 0 Å². The zero-order valence-corrected chi connectivity index (χ0v) is 21.2. The van der Waals surface area contributed by atoms with Crippen LogP contribution in [0.2, 0.25) is 0 Å². The van der Waals surface area contributed by atoms with Gasteiger partial charge in [0.2, 0.25) is 0 Å². The molecule has 4 rings (SSSR count). The first-order valence-electron chi connectivity index (χ1n) is 12.1. The Morgan fingerprint density at radius 1 is 1.00 bits per heavy atom. The van der Waals surface area contributed by atoms with Crippen LogP contribution in [0.4, 0.5) is 5.69 Å². The first-order chi connectivity index (χ1) is 17.3. The minimum atomic E-state index is -0.824. The second kappa shape index (κ2) is 10.3. The molecule has 6 heteroatoms. The molecule has 1 N–H and O–H groups in total. The van der Waals surface area contributed by atoms with E-state index in [2.05, 4.69) is 0 Å². The van der Waals surface area contributed by atoms with E-state index in [1.54, 1.807) is 36.4 Å². The number of ketones is 1. The highest BCUT2D eigenvalue weighted by atomic mass is 16.5. The summed E-state index contributed by atoms with van der Waals surface area (Å²) in [6.45, 7) is 8.45. The molecule has 0 bridgehead atoms. The Morgan fingerprint density at radius 3 is 2.42 bits per heavy atom. The maximum atomic E-state index is 13.5. The van der Waals surface area contributed by atoms with Crippen molar-refractivity contribution in [2.24, 2.45) is 0 Å². The second-order valence-electron chi connectivity index (χ2n) is 9.10. The van der Waals surface area contributed by atoms with E-state index in [-0.39, 0.29) is 17.3 Å². The summed E-state index contributed by atoms with van der Waals surface area (Å²) in [5.41, 5.74) is 3.56. The Kier molecular flexibility index (Phi) is 7.15. The molecule has 186 valence electrons. The first-order valence-corrected chi connectivity index (χ1v) is 12.1. The summed E-state index contributed by atoms with van der Waals surface area (Å²) in [7, 11) is 1.52. The molecule has 1 heterocycles. The molecular formula is C30H31NO5. The highest BCUT2D eigenvalue weighted by Crippen LogP contribution is 2.45. The molecule has 1 fully saturated rings. The molecule has 3 aromatic rings. The number of rotatable bonds is 7. The van der Waals surface area contributed by atoms with Gasteiger partial charge in [-0.2, -0.15) is 0 Å². The van der Waals surface area contributed by atoms with Crippen LogP contribution in [0, 0.1) is 6.92 Å². The molecule has 1 unspecified atom stereocenters. The maximum Gasteiger partial charge on any atom is 0.300 e. The number of aliphatic hydroxyl groups excluding tert-OH is 1. The number of hydrogen-bond donors (Lipinski definition) is 1. The standard InChI is InChI=1S/C30H31NO5/c1-6-36-24-15-14-21(17-22(24)18(2)3)28(32)26-27(20-11-9-10-19(4)16-20)31(30(34)29(26)33)23-12-7-8-13-25(23)35-5/h7-18,27,32H,6H2,1-5H3/b28-26-. The SMILES string of the molecule is CCOc1ccc(/C(O)=C2/C(=O)C(=O)N(c3ccccc3OC)C2c2cccc(C)c2)cc1C(C)C. The summed E-state index contributed by atoms with van der Waals surface area (Å²) < 4.78 is 11.3. The fraction of sp³-hybridized carbons (Fsp3) is 0.267. The van der Waals surface area contributed by atoms with Gasteiger partial charge in [-0.25, -0.2) is 0 Å². The monoisotopic (exact) mass is 485 g/mol. The molecule has 1 aliphatic rings. The molecule has 3 aromatic carbocycles. The van der Waals surface area contributed by atoms with E-state index in [1.807, 2.05) is 58.0 Å². The molecule has 1 saturated heterocycles. The third-order valence-corrected chi connectivity index (χ3v) is 6.35. The summed E-state index contributed by atoms with van der Waals surface area (Å²) in [4.78, 5) is 28.4. The van der Waals surface area contributed by atoms with E-state index >= 15 is 0 Å². The van der Waals surface area contributed by atoms with Crippen LogP contribution < -0.4 is 14.4 Å². The minimum absolute atomic E-state index is 0.0374. The van der Waals surface area contributed by atoms with E-state index in [4.69, 9.17) is 9.47 Å². The van der Waals surface area contributed by atoms with Crippen molar-refractivity contribution < 1.29 is 24.2 Å². The highest BCUT2D eigenvalue weighted by molar-refractivity contribution is 6.52. The average molecular weight is 486 g/mol. The van der Waals surface area contributed by atoms with Crippen LogP contribution in [-0.4, -0.2) is 30.5 Å². The van der Waals surface area contributed by atoms with Crippen molar-refractivity contribution in [3.63, 3.8) is 0 Å². The Morgan fingerprint density at radius 2 is 1.75 bits per heavy atom.